The van der Waals surface area contributed by atoms with Gasteiger partial charge in [-0.15, -0.1) is 0 Å². The first kappa shape index (κ1) is 84.1. The van der Waals surface area contributed by atoms with Crippen LogP contribution in [0, 0.1) is 0 Å². The molecule has 0 heterocycles. The second kappa shape index (κ2) is 75.5. The van der Waals surface area contributed by atoms with Crippen LogP contribution in [0.3, 0.4) is 0 Å². The Morgan fingerprint density at radius 1 is 0.326 bits per heavy atom. The van der Waals surface area contributed by atoms with Gasteiger partial charge >= 0.3 is 5.97 Å². The predicted molar refractivity (Wildman–Crippen MR) is 379 cm³/mol. The highest BCUT2D eigenvalue weighted by molar-refractivity contribution is 5.76. The number of carbonyl (C=O) groups excluding carboxylic acids is 2. The van der Waals surface area contributed by atoms with Crippen molar-refractivity contribution in [3.63, 3.8) is 0 Å². The molecule has 0 aromatic carbocycles. The van der Waals surface area contributed by atoms with Crippen LogP contribution in [0.4, 0.5) is 0 Å². The fourth-order valence-electron chi connectivity index (χ4n) is 12.4. The molecule has 2 unspecified atom stereocenters. The Kier molecular flexibility index (Phi) is 73.9. The van der Waals surface area contributed by atoms with Gasteiger partial charge in [0.25, 0.3) is 0 Å². The van der Waals surface area contributed by atoms with E-state index in [1.807, 2.05) is 0 Å². The number of nitrogens with one attached hydrogen (secondary N) is 1. The van der Waals surface area contributed by atoms with Gasteiger partial charge in [0.1, 0.15) is 0 Å². The normalized spacial score (nSPS) is 12.7. The van der Waals surface area contributed by atoms with Crippen molar-refractivity contribution in [1.29, 1.82) is 0 Å². The number of allylic oxidation sites excluding steroid dienone is 6. The van der Waals surface area contributed by atoms with Gasteiger partial charge in [0.05, 0.1) is 25.4 Å². The molecule has 0 aliphatic heterocycles. The van der Waals surface area contributed by atoms with Gasteiger partial charge in [-0.05, 0) is 83.5 Å². The SMILES string of the molecule is CCCCCCCC/C=C\CCCCCCCCCCCC(=O)OCCCCCCCCCCC/C=C\C/C=C\CCCCCCCCCCCCCC(=O)NC(CO)C(O)CCCCCCCCCCCCCCCCCCCCCCCCC. The molecule has 0 rings (SSSR count). The van der Waals surface area contributed by atoms with Crippen LogP contribution in [0.25, 0.3) is 0 Å². The van der Waals surface area contributed by atoms with E-state index in [0.717, 1.165) is 51.4 Å². The van der Waals surface area contributed by atoms with E-state index in [-0.39, 0.29) is 18.5 Å². The minimum Gasteiger partial charge on any atom is -0.466 e. The van der Waals surface area contributed by atoms with Crippen molar-refractivity contribution >= 4 is 11.9 Å². The molecule has 0 spiro atoms. The molecule has 0 radical (unpaired) electrons. The van der Waals surface area contributed by atoms with E-state index in [4.69, 9.17) is 4.74 Å². The molecule has 0 aromatic heterocycles. The van der Waals surface area contributed by atoms with Gasteiger partial charge < -0.3 is 20.3 Å². The molecule has 6 nitrogen and oxygen atoms in total. The average Bonchev–Trinajstić information content (AvgIpc) is 3.53. The van der Waals surface area contributed by atoms with Crippen molar-refractivity contribution in [2.45, 2.75) is 450 Å². The van der Waals surface area contributed by atoms with Gasteiger partial charge in [-0.2, -0.15) is 0 Å². The summed E-state index contributed by atoms with van der Waals surface area (Å²) < 4.78 is 5.51. The second-order valence-corrected chi connectivity index (χ2v) is 27.0. The molecule has 0 aliphatic rings. The van der Waals surface area contributed by atoms with Gasteiger partial charge in [-0.25, -0.2) is 0 Å². The number of hydrogen-bond donors (Lipinski definition) is 3. The lowest BCUT2D eigenvalue weighted by Crippen LogP contribution is -2.45. The van der Waals surface area contributed by atoms with E-state index in [9.17, 15) is 19.8 Å². The van der Waals surface area contributed by atoms with Crippen LogP contribution in [0.5, 0.6) is 0 Å². The van der Waals surface area contributed by atoms with E-state index in [0.29, 0.717) is 25.9 Å². The zero-order valence-corrected chi connectivity index (χ0v) is 58.3. The monoisotopic (exact) mass is 1210 g/mol. The topological polar surface area (TPSA) is 95.9 Å². The first-order valence-corrected chi connectivity index (χ1v) is 39.2. The lowest BCUT2D eigenvalue weighted by molar-refractivity contribution is -0.143. The number of amides is 1. The number of unbranched alkanes of at least 4 members (excludes halogenated alkanes) is 57. The Bertz CT molecular complexity index is 1390. The molecule has 0 fully saturated rings. The molecular formula is C80H153NO5. The van der Waals surface area contributed by atoms with E-state index in [2.05, 4.69) is 55.6 Å². The minimum atomic E-state index is -0.668. The van der Waals surface area contributed by atoms with Gasteiger partial charge in [-0.3, -0.25) is 9.59 Å². The second-order valence-electron chi connectivity index (χ2n) is 27.0. The Morgan fingerprint density at radius 2 is 0.581 bits per heavy atom. The number of aliphatic hydroxyl groups is 2. The third-order valence-electron chi connectivity index (χ3n) is 18.4. The minimum absolute atomic E-state index is 0.0112. The van der Waals surface area contributed by atoms with Crippen LogP contribution < -0.4 is 5.32 Å². The number of ether oxygens (including phenoxy) is 1. The predicted octanol–water partition coefficient (Wildman–Crippen LogP) is 25.8. The maximum absolute atomic E-state index is 12.6. The molecule has 6 heteroatoms. The lowest BCUT2D eigenvalue weighted by Gasteiger charge is -2.22. The van der Waals surface area contributed by atoms with Crippen molar-refractivity contribution in [3.05, 3.63) is 36.5 Å². The van der Waals surface area contributed by atoms with Crippen LogP contribution >= 0.6 is 0 Å². The van der Waals surface area contributed by atoms with Crippen molar-refractivity contribution in [2.24, 2.45) is 0 Å². The smallest absolute Gasteiger partial charge is 0.305 e. The summed E-state index contributed by atoms with van der Waals surface area (Å²) in [6, 6.07) is -0.546. The summed E-state index contributed by atoms with van der Waals surface area (Å²) in [4.78, 5) is 24.7. The molecule has 0 bridgehead atoms. The third kappa shape index (κ3) is 71.2. The Balaban J connectivity index is 3.40. The largest absolute Gasteiger partial charge is 0.466 e. The van der Waals surface area contributed by atoms with E-state index < -0.39 is 12.1 Å². The van der Waals surface area contributed by atoms with Gasteiger partial charge in [0, 0.05) is 12.8 Å². The molecule has 0 saturated carbocycles. The van der Waals surface area contributed by atoms with Crippen LogP contribution in [0.1, 0.15) is 438 Å². The molecule has 2 atom stereocenters. The highest BCUT2D eigenvalue weighted by atomic mass is 16.5. The van der Waals surface area contributed by atoms with Crippen molar-refractivity contribution in [3.8, 4) is 0 Å². The Labute approximate surface area is 538 Å². The molecule has 3 N–H and O–H groups in total. The van der Waals surface area contributed by atoms with Gasteiger partial charge in [0.15, 0.2) is 0 Å². The molecule has 0 saturated heterocycles. The highest BCUT2D eigenvalue weighted by Gasteiger charge is 2.20. The Hall–Kier alpha value is -1.92. The average molecular weight is 1210 g/mol. The van der Waals surface area contributed by atoms with Gasteiger partial charge in [0.2, 0.25) is 5.91 Å². The fourth-order valence-corrected chi connectivity index (χ4v) is 12.4. The summed E-state index contributed by atoms with van der Waals surface area (Å²) in [5, 5.41) is 23.5. The highest BCUT2D eigenvalue weighted by Crippen LogP contribution is 2.19. The Morgan fingerprint density at radius 3 is 0.895 bits per heavy atom. The summed E-state index contributed by atoms with van der Waals surface area (Å²) in [5.74, 6) is -0.0221. The van der Waals surface area contributed by atoms with Crippen molar-refractivity contribution in [2.75, 3.05) is 13.2 Å². The van der Waals surface area contributed by atoms with Crippen LogP contribution in [0.2, 0.25) is 0 Å². The van der Waals surface area contributed by atoms with Crippen molar-refractivity contribution < 1.29 is 24.5 Å². The number of rotatable bonds is 74. The summed E-state index contributed by atoms with van der Waals surface area (Å²) in [7, 11) is 0. The van der Waals surface area contributed by atoms with Crippen LogP contribution in [-0.4, -0.2) is 47.4 Å². The summed E-state index contributed by atoms with van der Waals surface area (Å²) in [6.45, 7) is 4.99. The maximum Gasteiger partial charge on any atom is 0.305 e. The summed E-state index contributed by atoms with van der Waals surface area (Å²) in [6.07, 6.45) is 97.9. The molecule has 0 aromatic rings. The van der Waals surface area contributed by atoms with E-state index in [1.54, 1.807) is 0 Å². The lowest BCUT2D eigenvalue weighted by atomic mass is 10.0. The number of carbonyl (C=O) groups is 2. The first-order valence-electron chi connectivity index (χ1n) is 39.2. The van der Waals surface area contributed by atoms with Crippen LogP contribution in [0.15, 0.2) is 36.5 Å². The van der Waals surface area contributed by atoms with E-state index in [1.165, 1.54) is 353 Å². The first-order chi connectivity index (χ1) is 42.5. The molecule has 86 heavy (non-hydrogen) atoms. The quantitative estimate of drug-likeness (QED) is 0.0320. The zero-order chi connectivity index (χ0) is 62.0. The molecule has 0 aliphatic carbocycles. The van der Waals surface area contributed by atoms with E-state index >= 15 is 0 Å². The maximum atomic E-state index is 12.6. The zero-order valence-electron chi connectivity index (χ0n) is 58.3. The molecule has 508 valence electrons. The molecular weight excluding hydrogens is 1050 g/mol. The third-order valence-corrected chi connectivity index (χ3v) is 18.4. The van der Waals surface area contributed by atoms with Crippen LogP contribution in [-0.2, 0) is 14.3 Å². The number of aliphatic hydroxyl groups excluding tert-OH is 2. The number of hydrogen-bond acceptors (Lipinski definition) is 5. The molecule has 1 amide bonds. The summed E-state index contributed by atoms with van der Waals surface area (Å²) >= 11 is 0. The van der Waals surface area contributed by atoms with Gasteiger partial charge in [-0.1, -0.05) is 378 Å². The van der Waals surface area contributed by atoms with Crippen molar-refractivity contribution in [1.82, 2.24) is 5.32 Å². The number of esters is 1. The fraction of sp³-hybridized carbons (Fsp3) is 0.900. The standard InChI is InChI=1S/C80H153NO5/c1-3-5-7-9-11-13-15-17-19-21-23-24-30-33-37-40-44-48-52-56-60-64-68-72-78(83)77(76-82)81-79(84)73-69-65-61-57-53-49-45-41-38-34-31-28-26-25-27-29-32-35-39-43-47-51-55-59-63-67-71-75-86-80(85)74-70-66-62-58-54-50-46-42-36-22-20-18-16-14-12-10-8-6-4-2/h18,20,25-26,29,32,77-78,82-83H,3-17,19,21-24,27-28,30-31,33-76H2,1-2H3,(H,81,84)/b20-18-,26-25-,32-29-. The summed E-state index contributed by atoms with van der Waals surface area (Å²) in [5.41, 5.74) is 0.